The molecule has 1 atom stereocenters. The van der Waals surface area contributed by atoms with E-state index in [-0.39, 0.29) is 34.5 Å². The maximum Gasteiger partial charge on any atom is 0.293 e. The van der Waals surface area contributed by atoms with Crippen LogP contribution < -0.4 is 10.6 Å². The number of likely N-dealkylation sites (N-methyl/N-ethyl adjacent to an activating group) is 1. The van der Waals surface area contributed by atoms with Crippen molar-refractivity contribution < 1.29 is 14.5 Å². The minimum absolute atomic E-state index is 0.0832. The van der Waals surface area contributed by atoms with Gasteiger partial charge in [-0.05, 0) is 18.1 Å². The fourth-order valence-electron chi connectivity index (χ4n) is 2.56. The van der Waals surface area contributed by atoms with Crippen LogP contribution in [0, 0.1) is 16.0 Å². The Morgan fingerprint density at radius 3 is 2.23 bits per heavy atom. The van der Waals surface area contributed by atoms with E-state index in [1.165, 1.54) is 25.2 Å². The molecule has 7 heteroatoms. The maximum absolute atomic E-state index is 12.5. The number of anilines is 1. The number of benzene rings is 2. The Kier molecular flexibility index (Phi) is 6.06. The average Bonchev–Trinajstić information content (AvgIpc) is 2.65. The van der Waals surface area contributed by atoms with Gasteiger partial charge in [-0.25, -0.2) is 0 Å². The predicted octanol–water partition coefficient (Wildman–Crippen LogP) is 3.01. The Hall–Kier alpha value is -3.22. The van der Waals surface area contributed by atoms with E-state index in [4.69, 9.17) is 0 Å². The first-order chi connectivity index (χ1) is 12.3. The highest BCUT2D eigenvalue weighted by atomic mass is 16.6. The van der Waals surface area contributed by atoms with Gasteiger partial charge in [0.2, 0.25) is 5.91 Å². The molecule has 0 aromatic heterocycles. The lowest BCUT2D eigenvalue weighted by molar-refractivity contribution is -0.384. The number of amides is 1. The van der Waals surface area contributed by atoms with Crippen LogP contribution in [0.1, 0.15) is 29.8 Å². The van der Waals surface area contributed by atoms with Crippen molar-refractivity contribution in [3.8, 4) is 0 Å². The summed E-state index contributed by atoms with van der Waals surface area (Å²) in [6.45, 7) is 3.68. The molecule has 1 amide bonds. The summed E-state index contributed by atoms with van der Waals surface area (Å²) in [5.41, 5.74) is 0.616. The lowest BCUT2D eigenvalue weighted by Gasteiger charge is -2.21. The predicted molar refractivity (Wildman–Crippen MR) is 99.3 cm³/mol. The molecular formula is C19H21N3O4. The third-order valence-electron chi connectivity index (χ3n) is 4.00. The molecule has 26 heavy (non-hydrogen) atoms. The molecular weight excluding hydrogens is 334 g/mol. The van der Waals surface area contributed by atoms with Gasteiger partial charge in [-0.3, -0.25) is 19.7 Å². The second-order valence-corrected chi connectivity index (χ2v) is 6.16. The van der Waals surface area contributed by atoms with Gasteiger partial charge in [-0.1, -0.05) is 44.2 Å². The molecule has 2 aromatic carbocycles. The molecule has 0 saturated heterocycles. The Bertz CT molecular complexity index is 819. The number of nitrogens with one attached hydrogen (secondary N) is 2. The highest BCUT2D eigenvalue weighted by Gasteiger charge is 2.25. The summed E-state index contributed by atoms with van der Waals surface area (Å²) < 4.78 is 0. The summed E-state index contributed by atoms with van der Waals surface area (Å²) in [6.07, 6.45) is 0. The van der Waals surface area contributed by atoms with Crippen LogP contribution in [-0.4, -0.2) is 29.7 Å². The summed E-state index contributed by atoms with van der Waals surface area (Å²) in [6, 6.07) is 12.1. The van der Waals surface area contributed by atoms with Gasteiger partial charge in [0.05, 0.1) is 4.92 Å². The summed E-state index contributed by atoms with van der Waals surface area (Å²) >= 11 is 0. The van der Waals surface area contributed by atoms with E-state index >= 15 is 0 Å². The minimum atomic E-state index is -0.630. The quantitative estimate of drug-likeness (QED) is 0.452. The van der Waals surface area contributed by atoms with Crippen molar-refractivity contribution in [2.75, 3.05) is 12.4 Å². The second-order valence-electron chi connectivity index (χ2n) is 6.16. The van der Waals surface area contributed by atoms with Crippen LogP contribution in [0.3, 0.4) is 0 Å². The fraction of sp³-hybridized carbons (Fsp3) is 0.263. The number of carbonyl (C=O) groups excluding carboxylic acids is 2. The Balaban J connectivity index is 2.39. The van der Waals surface area contributed by atoms with Crippen LogP contribution in [0.5, 0.6) is 0 Å². The molecule has 0 fully saturated rings. The molecule has 2 aromatic rings. The van der Waals surface area contributed by atoms with Gasteiger partial charge in [-0.2, -0.15) is 0 Å². The van der Waals surface area contributed by atoms with Crippen LogP contribution in [0.15, 0.2) is 48.5 Å². The normalized spacial score (nSPS) is 11.7. The Labute approximate surface area is 151 Å². The summed E-state index contributed by atoms with van der Waals surface area (Å²) in [5, 5.41) is 16.9. The zero-order valence-electron chi connectivity index (χ0n) is 14.9. The molecule has 0 saturated carbocycles. The minimum Gasteiger partial charge on any atom is -0.368 e. The smallest absolute Gasteiger partial charge is 0.293 e. The van der Waals surface area contributed by atoms with Crippen molar-refractivity contribution in [3.05, 3.63) is 69.8 Å². The van der Waals surface area contributed by atoms with E-state index in [1.54, 1.807) is 30.3 Å². The fourth-order valence-corrected chi connectivity index (χ4v) is 2.56. The molecule has 7 nitrogen and oxygen atoms in total. The second kappa shape index (κ2) is 8.24. The van der Waals surface area contributed by atoms with Gasteiger partial charge in [-0.15, -0.1) is 0 Å². The lowest BCUT2D eigenvalue weighted by atomic mass is 10.0. The summed E-state index contributed by atoms with van der Waals surface area (Å²) in [4.78, 5) is 35.4. The van der Waals surface area contributed by atoms with Crippen LogP contribution in [0.2, 0.25) is 0 Å². The van der Waals surface area contributed by atoms with Crippen molar-refractivity contribution in [2.24, 2.45) is 5.92 Å². The van der Waals surface area contributed by atoms with E-state index in [0.717, 1.165) is 0 Å². The van der Waals surface area contributed by atoms with Crippen molar-refractivity contribution in [3.63, 3.8) is 0 Å². The number of hydrogen-bond acceptors (Lipinski definition) is 5. The molecule has 0 spiro atoms. The van der Waals surface area contributed by atoms with Crippen LogP contribution >= 0.6 is 0 Å². The van der Waals surface area contributed by atoms with Crippen LogP contribution in [0.25, 0.3) is 0 Å². The highest BCUT2D eigenvalue weighted by molar-refractivity contribution is 6.09. The first kappa shape index (κ1) is 19.1. The SMILES string of the molecule is CNC(=O)C(Nc1ccc(C(=O)c2ccccc2)cc1[N+](=O)[O-])C(C)C. The standard InChI is InChI=1S/C19H21N3O4/c1-12(2)17(19(24)20-3)21-15-10-9-14(11-16(15)22(25)26)18(23)13-7-5-4-6-8-13/h4-12,17,21H,1-3H3,(H,20,24). The van der Waals surface area contributed by atoms with Gasteiger partial charge in [0, 0.05) is 24.2 Å². The van der Waals surface area contributed by atoms with Gasteiger partial charge in [0.1, 0.15) is 11.7 Å². The molecule has 136 valence electrons. The molecule has 0 bridgehead atoms. The van der Waals surface area contributed by atoms with Gasteiger partial charge in [0.25, 0.3) is 5.69 Å². The number of nitrogens with zero attached hydrogens (tertiary/aromatic N) is 1. The highest BCUT2D eigenvalue weighted by Crippen LogP contribution is 2.28. The van der Waals surface area contributed by atoms with Gasteiger partial charge >= 0.3 is 0 Å². The van der Waals surface area contributed by atoms with E-state index in [0.29, 0.717) is 5.56 Å². The first-order valence-corrected chi connectivity index (χ1v) is 8.21. The number of carbonyl (C=O) groups is 2. The Morgan fingerprint density at radius 2 is 1.69 bits per heavy atom. The lowest BCUT2D eigenvalue weighted by Crippen LogP contribution is -2.41. The molecule has 0 aliphatic heterocycles. The number of ketones is 1. The topological polar surface area (TPSA) is 101 Å². The molecule has 0 radical (unpaired) electrons. The van der Waals surface area contributed by atoms with Crippen LogP contribution in [0.4, 0.5) is 11.4 Å². The van der Waals surface area contributed by atoms with E-state index < -0.39 is 11.0 Å². The van der Waals surface area contributed by atoms with Crippen molar-refractivity contribution in [1.82, 2.24) is 5.32 Å². The monoisotopic (exact) mass is 355 g/mol. The van der Waals surface area contributed by atoms with Gasteiger partial charge in [0.15, 0.2) is 5.78 Å². The van der Waals surface area contributed by atoms with E-state index in [1.807, 2.05) is 13.8 Å². The number of rotatable bonds is 7. The first-order valence-electron chi connectivity index (χ1n) is 8.21. The summed E-state index contributed by atoms with van der Waals surface area (Å²) in [5.74, 6) is -0.647. The molecule has 2 N–H and O–H groups in total. The molecule has 0 aliphatic rings. The molecule has 0 heterocycles. The van der Waals surface area contributed by atoms with Crippen molar-refractivity contribution >= 4 is 23.1 Å². The van der Waals surface area contributed by atoms with Gasteiger partial charge < -0.3 is 10.6 Å². The third-order valence-corrected chi connectivity index (χ3v) is 4.00. The maximum atomic E-state index is 12.5. The van der Waals surface area contributed by atoms with Crippen molar-refractivity contribution in [1.29, 1.82) is 0 Å². The molecule has 2 rings (SSSR count). The van der Waals surface area contributed by atoms with Crippen LogP contribution in [-0.2, 0) is 4.79 Å². The van der Waals surface area contributed by atoms with E-state index in [9.17, 15) is 19.7 Å². The molecule has 0 aliphatic carbocycles. The number of nitro benzene ring substituents is 1. The zero-order valence-corrected chi connectivity index (χ0v) is 14.9. The summed E-state index contributed by atoms with van der Waals surface area (Å²) in [7, 11) is 1.51. The largest absolute Gasteiger partial charge is 0.368 e. The number of hydrogen-bond donors (Lipinski definition) is 2. The average molecular weight is 355 g/mol. The van der Waals surface area contributed by atoms with E-state index in [2.05, 4.69) is 10.6 Å². The third kappa shape index (κ3) is 4.24. The number of nitro groups is 1. The molecule has 1 unspecified atom stereocenters. The van der Waals surface area contributed by atoms with Crippen molar-refractivity contribution in [2.45, 2.75) is 19.9 Å². The Morgan fingerprint density at radius 1 is 1.04 bits per heavy atom. The zero-order chi connectivity index (χ0) is 19.3.